The van der Waals surface area contributed by atoms with Crippen LogP contribution in [0.4, 0.5) is 11.4 Å². The van der Waals surface area contributed by atoms with Crippen molar-refractivity contribution in [3.05, 3.63) is 76.8 Å². The number of carbonyl (C=O) groups excluding carboxylic acids is 1. The van der Waals surface area contributed by atoms with Crippen molar-refractivity contribution in [2.45, 2.75) is 6.17 Å². The fraction of sp³-hybridized carbons (Fsp3) is 0.136. The van der Waals surface area contributed by atoms with Gasteiger partial charge < -0.3 is 19.9 Å². The third-order valence-corrected chi connectivity index (χ3v) is 5.15. The van der Waals surface area contributed by atoms with Crippen molar-refractivity contribution in [3.63, 3.8) is 0 Å². The molecule has 148 valence electrons. The Bertz CT molecular complexity index is 1070. The lowest BCUT2D eigenvalue weighted by atomic mass is 10.0. The molecule has 1 heterocycles. The minimum absolute atomic E-state index is 0.141. The molecule has 1 aliphatic heterocycles. The monoisotopic (exact) mass is 410 g/mol. The highest BCUT2D eigenvalue weighted by Gasteiger charge is 2.34. The van der Waals surface area contributed by atoms with E-state index in [-0.39, 0.29) is 22.4 Å². The summed E-state index contributed by atoms with van der Waals surface area (Å²) >= 11 is 6.21. The van der Waals surface area contributed by atoms with Crippen LogP contribution < -0.4 is 19.7 Å². The molecule has 29 heavy (non-hydrogen) atoms. The number of hydrogen-bond donors (Lipinski definition) is 2. The third-order valence-electron chi connectivity index (χ3n) is 4.86. The number of phenolic OH excluding ortho intramolecular Hbond substituents is 1. The van der Waals surface area contributed by atoms with Crippen molar-refractivity contribution in [2.24, 2.45) is 0 Å². The van der Waals surface area contributed by atoms with Gasteiger partial charge in [-0.3, -0.25) is 9.69 Å². The molecule has 0 radical (unpaired) electrons. The second-order valence-electron chi connectivity index (χ2n) is 6.52. The Kier molecular flexibility index (Phi) is 4.94. The number of amides is 1. The summed E-state index contributed by atoms with van der Waals surface area (Å²) in [5.74, 6) is 0.627. The summed E-state index contributed by atoms with van der Waals surface area (Å²) < 4.78 is 10.5. The van der Waals surface area contributed by atoms with E-state index in [0.717, 1.165) is 5.69 Å². The van der Waals surface area contributed by atoms with Gasteiger partial charge in [0.15, 0.2) is 11.5 Å². The van der Waals surface area contributed by atoms with E-state index in [9.17, 15) is 9.90 Å². The van der Waals surface area contributed by atoms with E-state index >= 15 is 0 Å². The maximum Gasteiger partial charge on any atom is 0.262 e. The Morgan fingerprint density at radius 2 is 1.76 bits per heavy atom. The lowest BCUT2D eigenvalue weighted by molar-refractivity contribution is 0.0975. The molecule has 1 atom stereocenters. The predicted octanol–water partition coefficient (Wildman–Crippen LogP) is 4.83. The summed E-state index contributed by atoms with van der Waals surface area (Å²) in [6, 6.07) is 17.8. The fourth-order valence-electron chi connectivity index (χ4n) is 3.40. The van der Waals surface area contributed by atoms with Crippen LogP contribution in [0.5, 0.6) is 17.2 Å². The first kappa shape index (κ1) is 19.0. The first-order chi connectivity index (χ1) is 14.0. The zero-order valence-electron chi connectivity index (χ0n) is 15.8. The summed E-state index contributed by atoms with van der Waals surface area (Å²) in [5.41, 5.74) is 2.64. The number of halogens is 1. The van der Waals surface area contributed by atoms with Gasteiger partial charge in [-0.2, -0.15) is 0 Å². The summed E-state index contributed by atoms with van der Waals surface area (Å²) in [7, 11) is 3.04. The lowest BCUT2D eigenvalue weighted by Gasteiger charge is -2.38. The maximum atomic E-state index is 13.4. The van der Waals surface area contributed by atoms with Crippen LogP contribution in [0, 0.1) is 0 Å². The van der Waals surface area contributed by atoms with Crippen molar-refractivity contribution in [3.8, 4) is 17.2 Å². The Morgan fingerprint density at radius 3 is 2.45 bits per heavy atom. The van der Waals surface area contributed by atoms with Crippen LogP contribution in [-0.4, -0.2) is 25.2 Å². The van der Waals surface area contributed by atoms with Gasteiger partial charge in [0.05, 0.1) is 24.8 Å². The molecule has 3 aromatic carbocycles. The van der Waals surface area contributed by atoms with E-state index in [1.165, 1.54) is 7.11 Å². The van der Waals surface area contributed by atoms with E-state index in [1.54, 1.807) is 42.3 Å². The van der Waals surface area contributed by atoms with E-state index in [2.05, 4.69) is 5.32 Å². The summed E-state index contributed by atoms with van der Waals surface area (Å²) in [6.07, 6.45) is -0.558. The average molecular weight is 411 g/mol. The first-order valence-corrected chi connectivity index (χ1v) is 9.31. The molecule has 0 saturated carbocycles. The van der Waals surface area contributed by atoms with Crippen LogP contribution in [0.3, 0.4) is 0 Å². The zero-order valence-corrected chi connectivity index (χ0v) is 16.6. The molecule has 6 nitrogen and oxygen atoms in total. The number of hydrogen-bond acceptors (Lipinski definition) is 5. The molecule has 0 spiro atoms. The van der Waals surface area contributed by atoms with E-state index in [1.807, 2.05) is 30.3 Å². The van der Waals surface area contributed by atoms with Gasteiger partial charge in [0, 0.05) is 16.9 Å². The molecule has 7 heteroatoms. The van der Waals surface area contributed by atoms with Gasteiger partial charge in [0.1, 0.15) is 11.9 Å². The highest BCUT2D eigenvalue weighted by atomic mass is 35.5. The smallest absolute Gasteiger partial charge is 0.262 e. The second-order valence-corrected chi connectivity index (χ2v) is 6.93. The number of nitrogens with one attached hydrogen (secondary N) is 1. The largest absolute Gasteiger partial charge is 0.503 e. The fourth-order valence-corrected chi connectivity index (χ4v) is 3.62. The van der Waals surface area contributed by atoms with E-state index in [4.69, 9.17) is 21.1 Å². The van der Waals surface area contributed by atoms with Crippen molar-refractivity contribution >= 4 is 28.9 Å². The molecule has 0 bridgehead atoms. The van der Waals surface area contributed by atoms with E-state index in [0.29, 0.717) is 22.6 Å². The third kappa shape index (κ3) is 3.32. The molecule has 0 fully saturated rings. The minimum atomic E-state index is -0.558. The Labute approximate surface area is 173 Å². The number of methoxy groups -OCH3 is 2. The minimum Gasteiger partial charge on any atom is -0.503 e. The number of benzene rings is 3. The van der Waals surface area contributed by atoms with Crippen molar-refractivity contribution in [1.29, 1.82) is 0 Å². The molecule has 0 aliphatic carbocycles. The number of fused-ring (bicyclic) bond motifs is 1. The highest BCUT2D eigenvalue weighted by Crippen LogP contribution is 2.42. The Balaban J connectivity index is 1.87. The van der Waals surface area contributed by atoms with Crippen LogP contribution in [0.1, 0.15) is 22.1 Å². The molecule has 1 aliphatic rings. The molecular formula is C22H19ClN2O4. The van der Waals surface area contributed by atoms with Crippen LogP contribution in [0.2, 0.25) is 5.02 Å². The van der Waals surface area contributed by atoms with Crippen molar-refractivity contribution < 1.29 is 19.4 Å². The number of para-hydroxylation sites is 1. The van der Waals surface area contributed by atoms with Crippen LogP contribution >= 0.6 is 11.6 Å². The summed E-state index contributed by atoms with van der Waals surface area (Å²) in [4.78, 5) is 15.0. The molecular weight excluding hydrogens is 392 g/mol. The number of ether oxygens (including phenoxy) is 2. The molecule has 2 N–H and O–H groups in total. The predicted molar refractivity (Wildman–Crippen MR) is 112 cm³/mol. The quantitative estimate of drug-likeness (QED) is 0.644. The normalized spacial score (nSPS) is 15.5. The first-order valence-electron chi connectivity index (χ1n) is 8.93. The number of phenols is 1. The molecule has 0 saturated heterocycles. The maximum absolute atomic E-state index is 13.4. The van der Waals surface area contributed by atoms with Crippen molar-refractivity contribution in [2.75, 3.05) is 24.4 Å². The summed E-state index contributed by atoms with van der Waals surface area (Å²) in [6.45, 7) is 0. The van der Waals surface area contributed by atoms with Crippen LogP contribution in [0.15, 0.2) is 60.7 Å². The zero-order chi connectivity index (χ0) is 20.5. The van der Waals surface area contributed by atoms with Crippen LogP contribution in [-0.2, 0) is 0 Å². The molecule has 0 unspecified atom stereocenters. The van der Waals surface area contributed by atoms with E-state index < -0.39 is 6.17 Å². The standard InChI is InChI=1S/C22H19ClN2O4/c1-28-15-9-7-14(8-10-15)25-21(13-11-17(23)20(26)19(12-13)29-2)24-18-6-4-3-5-16(18)22(25)27/h3-12,21,24,26H,1-2H3/t21-/m0/s1. The highest BCUT2D eigenvalue weighted by molar-refractivity contribution is 6.32. The van der Waals surface area contributed by atoms with Gasteiger partial charge in [-0.1, -0.05) is 23.7 Å². The van der Waals surface area contributed by atoms with Gasteiger partial charge in [0.25, 0.3) is 5.91 Å². The Morgan fingerprint density at radius 1 is 1.03 bits per heavy atom. The number of carbonyl (C=O) groups is 1. The Hall–Kier alpha value is -3.38. The second kappa shape index (κ2) is 7.56. The molecule has 1 amide bonds. The summed E-state index contributed by atoms with van der Waals surface area (Å²) in [5, 5.41) is 13.6. The topological polar surface area (TPSA) is 71.0 Å². The van der Waals surface area contributed by atoms with Gasteiger partial charge in [-0.15, -0.1) is 0 Å². The van der Waals surface area contributed by atoms with Gasteiger partial charge in [0.2, 0.25) is 0 Å². The number of anilines is 2. The molecule has 4 rings (SSSR count). The number of rotatable bonds is 4. The van der Waals surface area contributed by atoms with Crippen molar-refractivity contribution in [1.82, 2.24) is 0 Å². The SMILES string of the molecule is COc1ccc(N2C(=O)c3ccccc3N[C@@H]2c2cc(Cl)c(O)c(OC)c2)cc1. The molecule has 3 aromatic rings. The van der Waals surface area contributed by atoms with Gasteiger partial charge >= 0.3 is 0 Å². The van der Waals surface area contributed by atoms with Gasteiger partial charge in [-0.25, -0.2) is 0 Å². The number of aromatic hydroxyl groups is 1. The lowest BCUT2D eigenvalue weighted by Crippen LogP contribution is -2.43. The molecule has 0 aromatic heterocycles. The average Bonchev–Trinajstić information content (AvgIpc) is 2.75. The number of nitrogens with zero attached hydrogens (tertiary/aromatic N) is 1. The van der Waals surface area contributed by atoms with Gasteiger partial charge in [-0.05, 0) is 48.5 Å². The van der Waals surface area contributed by atoms with Crippen LogP contribution in [0.25, 0.3) is 0 Å².